The number of likely N-dealkylation sites (N-methyl/N-ethyl adjacent to an activating group) is 1. The van der Waals surface area contributed by atoms with Gasteiger partial charge in [0, 0.05) is 25.1 Å². The van der Waals surface area contributed by atoms with Crippen LogP contribution in [0.1, 0.15) is 31.2 Å². The Hall–Kier alpha value is -5.16. The second-order valence-electron chi connectivity index (χ2n) is 11.0. The van der Waals surface area contributed by atoms with Crippen LogP contribution in [-0.2, 0) is 49.5 Å². The maximum atomic E-state index is 12.9. The number of carbonyl (C=O) groups excluding carboxylic acids is 7. The van der Waals surface area contributed by atoms with Crippen molar-refractivity contribution in [3.05, 3.63) is 48.0 Å². The predicted octanol–water partition coefficient (Wildman–Crippen LogP) is -2.35. The predicted molar refractivity (Wildman–Crippen MR) is 170 cm³/mol. The SMILES string of the molecule is CN(C)[C@@H](CCCCN1C(=O)C=CC1=O)C(=O)NCC(=O)NCC(=O)N[C@@H](Cc1ccccc1)C(=O)NCC(=O)NCOCCC(=O)O. The molecule has 262 valence electrons. The summed E-state index contributed by atoms with van der Waals surface area (Å²) in [6, 6.07) is 7.15. The van der Waals surface area contributed by atoms with E-state index in [0.717, 1.165) is 10.5 Å². The van der Waals surface area contributed by atoms with Gasteiger partial charge in [-0.3, -0.25) is 48.2 Å². The number of carboxylic acids is 1. The van der Waals surface area contributed by atoms with Crippen molar-refractivity contribution >= 4 is 47.3 Å². The highest BCUT2D eigenvalue weighted by molar-refractivity contribution is 6.12. The molecule has 2 rings (SSSR count). The van der Waals surface area contributed by atoms with Crippen LogP contribution in [0.15, 0.2) is 42.5 Å². The number of nitrogens with one attached hydrogen (secondary N) is 5. The van der Waals surface area contributed by atoms with Crippen LogP contribution in [-0.4, -0.2) is 128 Å². The topological polar surface area (TPSA) is 233 Å². The van der Waals surface area contributed by atoms with Crippen molar-refractivity contribution in [2.45, 2.75) is 44.2 Å². The summed E-state index contributed by atoms with van der Waals surface area (Å²) in [5, 5.41) is 20.9. The number of nitrogens with zero attached hydrogens (tertiary/aromatic N) is 2. The van der Waals surface area contributed by atoms with E-state index < -0.39 is 67.2 Å². The smallest absolute Gasteiger partial charge is 0.305 e. The summed E-state index contributed by atoms with van der Waals surface area (Å²) in [5.41, 5.74) is 0.728. The molecule has 48 heavy (non-hydrogen) atoms. The van der Waals surface area contributed by atoms with Gasteiger partial charge in [-0.1, -0.05) is 30.3 Å². The Kier molecular flexibility index (Phi) is 17.0. The van der Waals surface area contributed by atoms with Gasteiger partial charge in [-0.05, 0) is 38.9 Å². The Balaban J connectivity index is 1.78. The lowest BCUT2D eigenvalue weighted by Crippen LogP contribution is -2.52. The molecule has 2 atom stereocenters. The number of aliphatic carboxylic acids is 1. The standard InChI is InChI=1S/C31H43N7O10/c1-37(2)23(10-6-7-14-38-27(42)11-12-28(38)43)31(47)34-17-24(39)32-19-26(41)36-22(16-21-8-4-3-5-9-21)30(46)33-18-25(40)35-20-48-15-13-29(44)45/h3-5,8-9,11-12,22-23H,6-7,10,13-20H2,1-2H3,(H,32,39)(H,33,46)(H,34,47)(H,35,40)(H,36,41)(H,44,45)/t22-,23-/m0/s1. The Bertz CT molecular complexity index is 1320. The fourth-order valence-corrected chi connectivity index (χ4v) is 4.43. The lowest BCUT2D eigenvalue weighted by molar-refractivity contribution is -0.139. The number of amides is 7. The number of benzene rings is 1. The first-order valence-corrected chi connectivity index (χ1v) is 15.3. The van der Waals surface area contributed by atoms with E-state index in [9.17, 15) is 38.4 Å². The van der Waals surface area contributed by atoms with E-state index in [0.29, 0.717) is 19.3 Å². The van der Waals surface area contributed by atoms with Crippen molar-refractivity contribution in [2.75, 3.05) is 53.6 Å². The Morgan fingerprint density at radius 2 is 1.42 bits per heavy atom. The summed E-state index contributed by atoms with van der Waals surface area (Å²) in [6.07, 6.45) is 3.76. The highest BCUT2D eigenvalue weighted by atomic mass is 16.5. The molecule has 0 aliphatic carbocycles. The Morgan fingerprint density at radius 3 is 2.04 bits per heavy atom. The minimum Gasteiger partial charge on any atom is -0.481 e. The van der Waals surface area contributed by atoms with Gasteiger partial charge >= 0.3 is 5.97 Å². The molecule has 0 aromatic heterocycles. The van der Waals surface area contributed by atoms with Crippen LogP contribution < -0.4 is 26.6 Å². The molecule has 6 N–H and O–H groups in total. The third-order valence-corrected chi connectivity index (χ3v) is 6.99. The molecule has 0 radical (unpaired) electrons. The lowest BCUT2D eigenvalue weighted by atomic mass is 10.1. The van der Waals surface area contributed by atoms with E-state index in [2.05, 4.69) is 26.6 Å². The van der Waals surface area contributed by atoms with Crippen LogP contribution in [0, 0.1) is 0 Å². The van der Waals surface area contributed by atoms with Crippen molar-refractivity contribution in [1.29, 1.82) is 0 Å². The normalized spacial score (nSPS) is 13.5. The number of ether oxygens (including phenoxy) is 1. The van der Waals surface area contributed by atoms with Crippen LogP contribution in [0.5, 0.6) is 0 Å². The number of hydrogen-bond donors (Lipinski definition) is 6. The molecular formula is C31H43N7O10. The van der Waals surface area contributed by atoms with Crippen LogP contribution in [0.25, 0.3) is 0 Å². The van der Waals surface area contributed by atoms with Gasteiger partial charge in [0.25, 0.3) is 11.8 Å². The number of carbonyl (C=O) groups is 8. The second-order valence-corrected chi connectivity index (χ2v) is 11.0. The maximum absolute atomic E-state index is 12.9. The van der Waals surface area contributed by atoms with Gasteiger partial charge in [-0.15, -0.1) is 0 Å². The van der Waals surface area contributed by atoms with Crippen LogP contribution in [0.4, 0.5) is 0 Å². The van der Waals surface area contributed by atoms with Crippen LogP contribution in [0.2, 0.25) is 0 Å². The minimum absolute atomic E-state index is 0.0931. The number of rotatable bonds is 22. The van der Waals surface area contributed by atoms with Crippen molar-refractivity contribution in [3.8, 4) is 0 Å². The molecule has 1 aliphatic rings. The first-order valence-electron chi connectivity index (χ1n) is 15.3. The van der Waals surface area contributed by atoms with E-state index >= 15 is 0 Å². The van der Waals surface area contributed by atoms with Gasteiger partial charge in [0.2, 0.25) is 29.5 Å². The molecule has 0 saturated heterocycles. The van der Waals surface area contributed by atoms with Crippen molar-refractivity contribution in [3.63, 3.8) is 0 Å². The molecule has 1 aromatic rings. The third kappa shape index (κ3) is 15.0. The molecule has 0 bridgehead atoms. The minimum atomic E-state index is -1.09. The molecule has 7 amide bonds. The van der Waals surface area contributed by atoms with Crippen LogP contribution >= 0.6 is 0 Å². The summed E-state index contributed by atoms with van der Waals surface area (Å²) in [4.78, 5) is 99.4. The first kappa shape index (κ1) is 39.0. The zero-order valence-electron chi connectivity index (χ0n) is 27.0. The van der Waals surface area contributed by atoms with Gasteiger partial charge in [-0.25, -0.2) is 0 Å². The van der Waals surface area contributed by atoms with E-state index in [1.54, 1.807) is 49.3 Å². The fraction of sp³-hybridized carbons (Fsp3) is 0.484. The third-order valence-electron chi connectivity index (χ3n) is 6.99. The fourth-order valence-electron chi connectivity index (χ4n) is 4.43. The zero-order chi connectivity index (χ0) is 35.5. The van der Waals surface area contributed by atoms with Gasteiger partial charge in [0.05, 0.1) is 38.7 Å². The Morgan fingerprint density at radius 1 is 0.812 bits per heavy atom. The quantitative estimate of drug-likeness (QED) is 0.0433. The number of imide groups is 1. The molecule has 0 unspecified atom stereocenters. The average Bonchev–Trinajstić information content (AvgIpc) is 3.37. The van der Waals surface area contributed by atoms with E-state index in [-0.39, 0.29) is 44.5 Å². The average molecular weight is 674 g/mol. The van der Waals surface area contributed by atoms with Gasteiger partial charge in [0.15, 0.2) is 0 Å². The maximum Gasteiger partial charge on any atom is 0.305 e. The molecule has 17 heteroatoms. The first-order chi connectivity index (χ1) is 22.9. The molecular weight excluding hydrogens is 630 g/mol. The lowest BCUT2D eigenvalue weighted by Gasteiger charge is -2.23. The molecule has 1 heterocycles. The molecule has 0 saturated carbocycles. The summed E-state index contributed by atoms with van der Waals surface area (Å²) in [5.74, 6) is -4.76. The number of hydrogen-bond acceptors (Lipinski definition) is 10. The number of unbranched alkanes of at least 4 members (excludes halogenated alkanes) is 1. The highest BCUT2D eigenvalue weighted by Gasteiger charge is 2.25. The highest BCUT2D eigenvalue weighted by Crippen LogP contribution is 2.10. The molecule has 1 aliphatic heterocycles. The van der Waals surface area contributed by atoms with E-state index in [1.165, 1.54) is 12.2 Å². The monoisotopic (exact) mass is 673 g/mol. The van der Waals surface area contributed by atoms with E-state index in [1.807, 2.05) is 0 Å². The molecule has 0 fully saturated rings. The van der Waals surface area contributed by atoms with Gasteiger partial charge in [0.1, 0.15) is 12.8 Å². The zero-order valence-corrected chi connectivity index (χ0v) is 27.0. The Labute approximate surface area is 277 Å². The number of carboxylic acid groups (broad SMARTS) is 1. The molecule has 0 spiro atoms. The summed E-state index contributed by atoms with van der Waals surface area (Å²) in [7, 11) is 3.42. The van der Waals surface area contributed by atoms with E-state index in [4.69, 9.17) is 9.84 Å². The van der Waals surface area contributed by atoms with Crippen molar-refractivity contribution < 1.29 is 48.2 Å². The molecule has 17 nitrogen and oxygen atoms in total. The summed E-state index contributed by atoms with van der Waals surface area (Å²) in [6.45, 7) is -1.41. The largest absolute Gasteiger partial charge is 0.481 e. The van der Waals surface area contributed by atoms with Crippen LogP contribution in [0.3, 0.4) is 0 Å². The summed E-state index contributed by atoms with van der Waals surface area (Å²) >= 11 is 0. The molecule has 1 aromatic carbocycles. The van der Waals surface area contributed by atoms with Gasteiger partial charge in [-0.2, -0.15) is 0 Å². The van der Waals surface area contributed by atoms with Crippen molar-refractivity contribution in [2.24, 2.45) is 0 Å². The summed E-state index contributed by atoms with van der Waals surface area (Å²) < 4.78 is 4.98. The van der Waals surface area contributed by atoms with Gasteiger partial charge < -0.3 is 36.4 Å². The second kappa shape index (κ2) is 20.9. The van der Waals surface area contributed by atoms with Crippen molar-refractivity contribution in [1.82, 2.24) is 36.4 Å².